The first-order valence-electron chi connectivity index (χ1n) is 10.6. The SMILES string of the molecule is C=C(/C=C\C=C(/C)Nc1cc(N(C)C)nc(N2CCN(c3ccccn3)CC2)n1)OC(F)(F)F. The van der Waals surface area contributed by atoms with E-state index in [-0.39, 0.29) is 0 Å². The van der Waals surface area contributed by atoms with Gasteiger partial charge in [-0.05, 0) is 31.2 Å². The van der Waals surface area contributed by atoms with E-state index in [0.29, 0.717) is 17.5 Å². The number of allylic oxidation sites excluding steroid dienone is 4. The standard InChI is InChI=1S/C23H28F3N7O/c1-17(8-7-9-18(2)34-23(24,25)26)28-19-16-21(31(3)4)30-22(29-19)33-14-12-32(13-15-33)20-10-5-6-11-27-20/h5-11,16H,2,12-15H2,1,3-4H3,(H,28,29,30)/b9-7-,17-8+. The second-order valence-corrected chi connectivity index (χ2v) is 7.82. The number of rotatable bonds is 8. The van der Waals surface area contributed by atoms with Crippen LogP contribution in [0.25, 0.3) is 0 Å². The Balaban J connectivity index is 1.68. The molecule has 0 aromatic carbocycles. The lowest BCUT2D eigenvalue weighted by Gasteiger charge is -2.35. The van der Waals surface area contributed by atoms with Crippen LogP contribution in [0.4, 0.5) is 36.6 Å². The highest BCUT2D eigenvalue weighted by molar-refractivity contribution is 5.56. The molecule has 1 fully saturated rings. The first-order chi connectivity index (χ1) is 16.1. The summed E-state index contributed by atoms with van der Waals surface area (Å²) in [6, 6.07) is 7.67. The summed E-state index contributed by atoms with van der Waals surface area (Å²) < 4.78 is 40.4. The third-order valence-electron chi connectivity index (χ3n) is 4.90. The molecule has 8 nitrogen and oxygen atoms in total. The van der Waals surface area contributed by atoms with E-state index < -0.39 is 12.1 Å². The molecule has 2 aromatic rings. The highest BCUT2D eigenvalue weighted by atomic mass is 19.4. The number of nitrogens with zero attached hydrogens (tertiary/aromatic N) is 6. The molecule has 1 aliphatic rings. The monoisotopic (exact) mass is 475 g/mol. The topological polar surface area (TPSA) is 69.7 Å². The van der Waals surface area contributed by atoms with Crippen LogP contribution in [0, 0.1) is 0 Å². The van der Waals surface area contributed by atoms with Crippen molar-refractivity contribution in [3.63, 3.8) is 0 Å². The van der Waals surface area contributed by atoms with Gasteiger partial charge in [0.1, 0.15) is 23.2 Å². The van der Waals surface area contributed by atoms with Gasteiger partial charge >= 0.3 is 6.36 Å². The summed E-state index contributed by atoms with van der Waals surface area (Å²) in [5.74, 6) is 2.36. The summed E-state index contributed by atoms with van der Waals surface area (Å²) in [6.07, 6.45) is 1.18. The Morgan fingerprint density at radius 3 is 2.47 bits per heavy atom. The fourth-order valence-corrected chi connectivity index (χ4v) is 3.26. The van der Waals surface area contributed by atoms with E-state index in [4.69, 9.17) is 0 Å². The molecule has 0 spiro atoms. The number of hydrogen-bond acceptors (Lipinski definition) is 8. The number of aromatic nitrogens is 3. The van der Waals surface area contributed by atoms with Gasteiger partial charge in [0, 0.05) is 58.2 Å². The summed E-state index contributed by atoms with van der Waals surface area (Å²) in [5.41, 5.74) is 0.672. The Morgan fingerprint density at radius 1 is 1.15 bits per heavy atom. The molecule has 1 aliphatic heterocycles. The number of pyridine rings is 1. The highest BCUT2D eigenvalue weighted by Gasteiger charge is 2.30. The minimum atomic E-state index is -4.76. The molecule has 0 amide bonds. The van der Waals surface area contributed by atoms with Gasteiger partial charge in [0.15, 0.2) is 0 Å². The zero-order valence-electron chi connectivity index (χ0n) is 19.4. The van der Waals surface area contributed by atoms with E-state index in [1.807, 2.05) is 37.2 Å². The second-order valence-electron chi connectivity index (χ2n) is 7.82. The van der Waals surface area contributed by atoms with Crippen LogP contribution in [-0.4, -0.2) is 61.6 Å². The van der Waals surface area contributed by atoms with E-state index in [2.05, 4.69) is 41.4 Å². The summed E-state index contributed by atoms with van der Waals surface area (Å²) in [4.78, 5) is 20.0. The number of ether oxygens (including phenoxy) is 1. The Morgan fingerprint density at radius 2 is 1.85 bits per heavy atom. The molecule has 2 aromatic heterocycles. The number of halogens is 3. The van der Waals surface area contributed by atoms with Crippen LogP contribution in [0.2, 0.25) is 0 Å². The van der Waals surface area contributed by atoms with Gasteiger partial charge in [-0.2, -0.15) is 9.97 Å². The zero-order valence-corrected chi connectivity index (χ0v) is 19.4. The van der Waals surface area contributed by atoms with Gasteiger partial charge in [-0.15, -0.1) is 13.2 Å². The molecule has 0 aliphatic carbocycles. The molecular formula is C23H28F3N7O. The Labute approximate surface area is 197 Å². The van der Waals surface area contributed by atoms with Gasteiger partial charge in [0.2, 0.25) is 5.95 Å². The van der Waals surface area contributed by atoms with Gasteiger partial charge < -0.3 is 24.8 Å². The maximum absolute atomic E-state index is 12.2. The Hall–Kier alpha value is -3.76. The first-order valence-corrected chi connectivity index (χ1v) is 10.6. The van der Waals surface area contributed by atoms with Gasteiger partial charge in [-0.1, -0.05) is 18.7 Å². The van der Waals surface area contributed by atoms with Crippen LogP contribution in [-0.2, 0) is 4.74 Å². The fraction of sp³-hybridized carbons (Fsp3) is 0.348. The molecule has 1 saturated heterocycles. The number of alkyl halides is 3. The molecule has 182 valence electrons. The molecular weight excluding hydrogens is 447 g/mol. The van der Waals surface area contributed by atoms with Crippen LogP contribution in [0.5, 0.6) is 0 Å². The quantitative estimate of drug-likeness (QED) is 0.450. The number of piperazine rings is 1. The van der Waals surface area contributed by atoms with Gasteiger partial charge in [0.05, 0.1) is 0 Å². The van der Waals surface area contributed by atoms with Crippen molar-refractivity contribution in [1.82, 2.24) is 15.0 Å². The fourth-order valence-electron chi connectivity index (χ4n) is 3.26. The van der Waals surface area contributed by atoms with E-state index in [1.165, 1.54) is 6.08 Å². The lowest BCUT2D eigenvalue weighted by Crippen LogP contribution is -2.47. The van der Waals surface area contributed by atoms with Crippen molar-refractivity contribution in [3.05, 3.63) is 66.7 Å². The van der Waals surface area contributed by atoms with Crippen LogP contribution in [0.3, 0.4) is 0 Å². The molecule has 34 heavy (non-hydrogen) atoms. The third kappa shape index (κ3) is 7.39. The smallest absolute Gasteiger partial charge is 0.406 e. The molecule has 3 rings (SSSR count). The van der Waals surface area contributed by atoms with Gasteiger partial charge in [0.25, 0.3) is 0 Å². The average Bonchev–Trinajstić information content (AvgIpc) is 2.78. The Kier molecular flexibility index (Phi) is 7.98. The predicted molar refractivity (Wildman–Crippen MR) is 128 cm³/mol. The number of nitrogens with one attached hydrogen (secondary N) is 1. The van der Waals surface area contributed by atoms with E-state index in [1.54, 1.807) is 25.3 Å². The van der Waals surface area contributed by atoms with Crippen molar-refractivity contribution in [2.75, 3.05) is 60.3 Å². The maximum atomic E-state index is 12.2. The lowest BCUT2D eigenvalue weighted by molar-refractivity contribution is -0.303. The van der Waals surface area contributed by atoms with Crippen molar-refractivity contribution in [2.45, 2.75) is 13.3 Å². The summed E-state index contributed by atoms with van der Waals surface area (Å²) in [6.45, 7) is 8.07. The number of anilines is 4. The Bertz CT molecular complexity index is 1030. The summed E-state index contributed by atoms with van der Waals surface area (Å²) in [5, 5.41) is 3.17. The zero-order chi connectivity index (χ0) is 24.7. The van der Waals surface area contributed by atoms with Crippen molar-refractivity contribution in [2.24, 2.45) is 0 Å². The third-order valence-corrected chi connectivity index (χ3v) is 4.90. The minimum absolute atomic E-state index is 0.499. The molecule has 11 heteroatoms. The van der Waals surface area contributed by atoms with Gasteiger partial charge in [-0.25, -0.2) is 4.98 Å². The summed E-state index contributed by atoms with van der Waals surface area (Å²) >= 11 is 0. The van der Waals surface area contributed by atoms with Crippen LogP contribution in [0.15, 0.2) is 66.7 Å². The van der Waals surface area contributed by atoms with Crippen molar-refractivity contribution in [1.29, 1.82) is 0 Å². The molecule has 0 atom stereocenters. The first kappa shape index (κ1) is 24.9. The van der Waals surface area contributed by atoms with Gasteiger partial charge in [-0.3, -0.25) is 0 Å². The largest absolute Gasteiger partial charge is 0.573 e. The van der Waals surface area contributed by atoms with Crippen LogP contribution >= 0.6 is 0 Å². The van der Waals surface area contributed by atoms with Crippen molar-refractivity contribution < 1.29 is 17.9 Å². The predicted octanol–water partition coefficient (Wildman–Crippen LogP) is 4.19. The molecule has 0 bridgehead atoms. The molecule has 0 saturated carbocycles. The molecule has 0 radical (unpaired) electrons. The van der Waals surface area contributed by atoms with Crippen LogP contribution in [0.1, 0.15) is 6.92 Å². The van der Waals surface area contributed by atoms with Crippen LogP contribution < -0.4 is 20.0 Å². The molecule has 0 unspecified atom stereocenters. The molecule has 3 heterocycles. The number of hydrogen-bond donors (Lipinski definition) is 1. The second kappa shape index (κ2) is 10.9. The van der Waals surface area contributed by atoms with E-state index in [0.717, 1.165) is 43.9 Å². The van der Waals surface area contributed by atoms with Crippen molar-refractivity contribution in [3.8, 4) is 0 Å². The summed E-state index contributed by atoms with van der Waals surface area (Å²) in [7, 11) is 3.79. The van der Waals surface area contributed by atoms with Crippen molar-refractivity contribution >= 4 is 23.4 Å². The highest BCUT2D eigenvalue weighted by Crippen LogP contribution is 2.23. The molecule has 1 N–H and O–H groups in total. The average molecular weight is 476 g/mol. The van der Waals surface area contributed by atoms with E-state index >= 15 is 0 Å². The minimum Gasteiger partial charge on any atom is -0.406 e. The lowest BCUT2D eigenvalue weighted by atomic mass is 10.3. The normalized spacial score (nSPS) is 14.9. The van der Waals surface area contributed by atoms with E-state index in [9.17, 15) is 13.2 Å². The maximum Gasteiger partial charge on any atom is 0.573 e.